The fraction of sp³-hybridized carbons (Fsp3) is 0.538. The van der Waals surface area contributed by atoms with Crippen molar-refractivity contribution in [1.29, 1.82) is 0 Å². The molecule has 0 aliphatic rings. The molecule has 1 aromatic rings. The Labute approximate surface area is 107 Å². The molecule has 0 saturated carbocycles. The van der Waals surface area contributed by atoms with Crippen molar-refractivity contribution < 1.29 is 0 Å². The van der Waals surface area contributed by atoms with E-state index in [-0.39, 0.29) is 0 Å². The summed E-state index contributed by atoms with van der Waals surface area (Å²) in [6, 6.07) is 6.43. The molecule has 1 rings (SSSR count). The fourth-order valence-corrected chi connectivity index (χ4v) is 1.95. The number of nitrogens with zero attached hydrogens (tertiary/aromatic N) is 1. The van der Waals surface area contributed by atoms with Crippen LogP contribution in [0.4, 0.5) is 5.69 Å². The van der Waals surface area contributed by atoms with E-state index >= 15 is 0 Å². The van der Waals surface area contributed by atoms with Crippen LogP contribution >= 0.6 is 15.9 Å². The average molecular weight is 285 g/mol. The van der Waals surface area contributed by atoms with Crippen LogP contribution in [-0.4, -0.2) is 20.6 Å². The maximum absolute atomic E-state index is 3.51. The van der Waals surface area contributed by atoms with Crippen molar-refractivity contribution in [2.75, 3.05) is 25.5 Å². The zero-order valence-corrected chi connectivity index (χ0v) is 12.1. The van der Waals surface area contributed by atoms with Gasteiger partial charge in [0.05, 0.1) is 0 Å². The van der Waals surface area contributed by atoms with Gasteiger partial charge in [0.2, 0.25) is 0 Å². The number of rotatable bonds is 5. The molecule has 0 aromatic heterocycles. The van der Waals surface area contributed by atoms with Gasteiger partial charge in [-0.1, -0.05) is 35.8 Å². The van der Waals surface area contributed by atoms with Crippen molar-refractivity contribution in [2.24, 2.45) is 5.92 Å². The molecule has 0 atom stereocenters. The van der Waals surface area contributed by atoms with Crippen LogP contribution in [-0.2, 0) is 6.54 Å². The second-order valence-electron chi connectivity index (χ2n) is 4.69. The van der Waals surface area contributed by atoms with E-state index in [1.165, 1.54) is 11.3 Å². The Morgan fingerprint density at radius 1 is 1.31 bits per heavy atom. The lowest BCUT2D eigenvalue weighted by Crippen LogP contribution is -2.21. The first-order valence-electron chi connectivity index (χ1n) is 5.67. The van der Waals surface area contributed by atoms with Gasteiger partial charge in [-0.2, -0.15) is 0 Å². The van der Waals surface area contributed by atoms with E-state index in [2.05, 4.69) is 72.3 Å². The molecule has 0 amide bonds. The molecule has 0 radical (unpaired) electrons. The van der Waals surface area contributed by atoms with Crippen LogP contribution < -0.4 is 10.2 Å². The molecule has 3 heteroatoms. The van der Waals surface area contributed by atoms with Gasteiger partial charge in [-0.25, -0.2) is 0 Å². The summed E-state index contributed by atoms with van der Waals surface area (Å²) in [5.74, 6) is 0.693. The van der Waals surface area contributed by atoms with Gasteiger partial charge in [0.1, 0.15) is 0 Å². The highest BCUT2D eigenvalue weighted by molar-refractivity contribution is 9.10. The van der Waals surface area contributed by atoms with Crippen LogP contribution in [0.25, 0.3) is 0 Å². The first-order valence-corrected chi connectivity index (χ1v) is 6.46. The predicted octanol–water partition coefficient (Wildman–Crippen LogP) is 3.26. The summed E-state index contributed by atoms with van der Waals surface area (Å²) in [5, 5.41) is 3.47. The average Bonchev–Trinajstić information content (AvgIpc) is 2.19. The highest BCUT2D eigenvalue weighted by Gasteiger charge is 2.05. The van der Waals surface area contributed by atoms with Crippen molar-refractivity contribution in [3.8, 4) is 0 Å². The number of hydrogen-bond acceptors (Lipinski definition) is 2. The van der Waals surface area contributed by atoms with Crippen LogP contribution in [0.15, 0.2) is 22.7 Å². The van der Waals surface area contributed by atoms with Gasteiger partial charge in [0.25, 0.3) is 0 Å². The van der Waals surface area contributed by atoms with E-state index < -0.39 is 0 Å². The van der Waals surface area contributed by atoms with E-state index in [4.69, 9.17) is 0 Å². The quantitative estimate of drug-likeness (QED) is 0.893. The molecule has 1 N–H and O–H groups in total. The third-order valence-corrected chi connectivity index (χ3v) is 2.89. The summed E-state index contributed by atoms with van der Waals surface area (Å²) in [6.45, 7) is 6.44. The van der Waals surface area contributed by atoms with Crippen molar-refractivity contribution in [3.63, 3.8) is 0 Å². The number of benzene rings is 1. The Hall–Kier alpha value is -0.540. The Morgan fingerprint density at radius 2 is 2.00 bits per heavy atom. The van der Waals surface area contributed by atoms with Gasteiger partial charge in [0.15, 0.2) is 0 Å². The van der Waals surface area contributed by atoms with Crippen molar-refractivity contribution in [2.45, 2.75) is 20.4 Å². The summed E-state index contributed by atoms with van der Waals surface area (Å²) >= 11 is 3.51. The second-order valence-corrected chi connectivity index (χ2v) is 5.61. The molecule has 0 heterocycles. The molecule has 16 heavy (non-hydrogen) atoms. The van der Waals surface area contributed by atoms with Crippen LogP contribution in [0.3, 0.4) is 0 Å². The summed E-state index contributed by atoms with van der Waals surface area (Å²) in [4.78, 5) is 2.15. The minimum absolute atomic E-state index is 0.693. The topological polar surface area (TPSA) is 15.3 Å². The molecular weight excluding hydrogens is 264 g/mol. The zero-order valence-electron chi connectivity index (χ0n) is 10.5. The van der Waals surface area contributed by atoms with Gasteiger partial charge in [-0.15, -0.1) is 0 Å². The van der Waals surface area contributed by atoms with Crippen LogP contribution in [0.1, 0.15) is 19.4 Å². The number of nitrogens with one attached hydrogen (secondary N) is 1. The van der Waals surface area contributed by atoms with Gasteiger partial charge < -0.3 is 10.2 Å². The molecule has 90 valence electrons. The molecule has 0 spiro atoms. The third kappa shape index (κ3) is 4.14. The highest BCUT2D eigenvalue weighted by Crippen LogP contribution is 2.23. The minimum Gasteiger partial charge on any atom is -0.377 e. The molecular formula is C13H21BrN2. The minimum atomic E-state index is 0.693. The smallest absolute Gasteiger partial charge is 0.0417 e. The van der Waals surface area contributed by atoms with E-state index in [0.29, 0.717) is 5.92 Å². The Morgan fingerprint density at radius 3 is 2.56 bits per heavy atom. The number of anilines is 1. The van der Waals surface area contributed by atoms with E-state index in [1.807, 2.05) is 0 Å². The van der Waals surface area contributed by atoms with Crippen LogP contribution in [0.2, 0.25) is 0 Å². The number of hydrogen-bond donors (Lipinski definition) is 1. The lowest BCUT2D eigenvalue weighted by atomic mass is 10.1. The van der Waals surface area contributed by atoms with Crippen molar-refractivity contribution in [1.82, 2.24) is 5.32 Å². The van der Waals surface area contributed by atoms with Gasteiger partial charge >= 0.3 is 0 Å². The fourth-order valence-electron chi connectivity index (χ4n) is 1.60. The predicted molar refractivity (Wildman–Crippen MR) is 75.0 cm³/mol. The molecule has 0 aliphatic heterocycles. The maximum Gasteiger partial charge on any atom is 0.0417 e. The summed E-state index contributed by atoms with van der Waals surface area (Å²) in [6.07, 6.45) is 0. The Bertz CT molecular complexity index is 335. The first kappa shape index (κ1) is 13.5. The molecule has 0 bridgehead atoms. The third-order valence-electron chi connectivity index (χ3n) is 2.40. The SMILES string of the molecule is CC(C)CNCc1ccc(Br)cc1N(C)C. The molecule has 0 unspecified atom stereocenters. The molecule has 2 nitrogen and oxygen atoms in total. The first-order chi connectivity index (χ1) is 7.50. The summed E-state index contributed by atoms with van der Waals surface area (Å²) in [5.41, 5.74) is 2.61. The summed E-state index contributed by atoms with van der Waals surface area (Å²) in [7, 11) is 4.15. The highest BCUT2D eigenvalue weighted by atomic mass is 79.9. The molecule has 1 aromatic carbocycles. The van der Waals surface area contributed by atoms with Gasteiger partial charge in [0, 0.05) is 30.8 Å². The van der Waals surface area contributed by atoms with Crippen LogP contribution in [0, 0.1) is 5.92 Å². The van der Waals surface area contributed by atoms with E-state index in [0.717, 1.165) is 17.6 Å². The lowest BCUT2D eigenvalue weighted by Gasteiger charge is -2.18. The Kier molecular flexibility index (Phi) is 5.29. The van der Waals surface area contributed by atoms with Crippen molar-refractivity contribution in [3.05, 3.63) is 28.2 Å². The summed E-state index contributed by atoms with van der Waals surface area (Å²) < 4.78 is 1.13. The Balaban J connectivity index is 2.71. The normalized spacial score (nSPS) is 10.9. The van der Waals surface area contributed by atoms with E-state index in [9.17, 15) is 0 Å². The molecule has 0 fully saturated rings. The lowest BCUT2D eigenvalue weighted by molar-refractivity contribution is 0.552. The monoisotopic (exact) mass is 284 g/mol. The van der Waals surface area contributed by atoms with Crippen molar-refractivity contribution >= 4 is 21.6 Å². The van der Waals surface area contributed by atoms with Gasteiger partial charge in [-0.3, -0.25) is 0 Å². The number of halogens is 1. The standard InChI is InChI=1S/C13H21BrN2/c1-10(2)8-15-9-11-5-6-12(14)7-13(11)16(3)4/h5-7,10,15H,8-9H2,1-4H3. The van der Waals surface area contributed by atoms with Crippen LogP contribution in [0.5, 0.6) is 0 Å². The van der Waals surface area contributed by atoms with Gasteiger partial charge in [-0.05, 0) is 30.2 Å². The molecule has 0 saturated heterocycles. The zero-order chi connectivity index (χ0) is 12.1. The van der Waals surface area contributed by atoms with E-state index in [1.54, 1.807) is 0 Å². The second kappa shape index (κ2) is 6.26. The molecule has 0 aliphatic carbocycles. The largest absolute Gasteiger partial charge is 0.377 e. The maximum atomic E-state index is 3.51.